The standard InChI is InChI=1S/C15H20F3NO2/c1-10(2)8-13(9-14(20)21-3)19-12-6-4-11(5-7-12)15(16,17)18/h4-7,10,13,19H,8-9H2,1-3H3. The van der Waals surface area contributed by atoms with Gasteiger partial charge in [-0.05, 0) is 36.6 Å². The number of hydrogen-bond donors (Lipinski definition) is 1. The zero-order chi connectivity index (χ0) is 16.0. The second-order valence-electron chi connectivity index (χ2n) is 5.33. The van der Waals surface area contributed by atoms with Crippen molar-refractivity contribution in [2.45, 2.75) is 38.9 Å². The molecular weight excluding hydrogens is 283 g/mol. The van der Waals surface area contributed by atoms with E-state index in [4.69, 9.17) is 0 Å². The van der Waals surface area contributed by atoms with Crippen LogP contribution in [0.5, 0.6) is 0 Å². The van der Waals surface area contributed by atoms with E-state index in [1.807, 2.05) is 13.8 Å². The minimum absolute atomic E-state index is 0.172. The molecule has 1 aromatic carbocycles. The Morgan fingerprint density at radius 2 is 1.81 bits per heavy atom. The Kier molecular flexibility index (Phi) is 6.05. The van der Waals surface area contributed by atoms with Crippen molar-refractivity contribution in [3.05, 3.63) is 29.8 Å². The first-order chi connectivity index (χ1) is 9.72. The molecule has 0 fully saturated rings. The summed E-state index contributed by atoms with van der Waals surface area (Å²) in [7, 11) is 1.31. The largest absolute Gasteiger partial charge is 0.469 e. The molecule has 0 aliphatic rings. The van der Waals surface area contributed by atoms with Crippen LogP contribution in [-0.2, 0) is 15.7 Å². The van der Waals surface area contributed by atoms with Gasteiger partial charge in [0.15, 0.2) is 0 Å². The number of nitrogens with one attached hydrogen (secondary N) is 1. The lowest BCUT2D eigenvalue weighted by molar-refractivity contribution is -0.141. The van der Waals surface area contributed by atoms with Crippen molar-refractivity contribution in [3.8, 4) is 0 Å². The molecule has 6 heteroatoms. The summed E-state index contributed by atoms with van der Waals surface area (Å²) in [4.78, 5) is 11.4. The Hall–Kier alpha value is -1.72. The summed E-state index contributed by atoms with van der Waals surface area (Å²) < 4.78 is 42.1. The quantitative estimate of drug-likeness (QED) is 0.804. The van der Waals surface area contributed by atoms with Crippen molar-refractivity contribution >= 4 is 11.7 Å². The third kappa shape index (κ3) is 6.06. The average molecular weight is 303 g/mol. The van der Waals surface area contributed by atoms with Crippen LogP contribution in [0.4, 0.5) is 18.9 Å². The lowest BCUT2D eigenvalue weighted by Gasteiger charge is -2.21. The molecule has 1 aromatic rings. The lowest BCUT2D eigenvalue weighted by atomic mass is 10.0. The van der Waals surface area contributed by atoms with E-state index < -0.39 is 11.7 Å². The number of anilines is 1. The fourth-order valence-corrected chi connectivity index (χ4v) is 2.04. The van der Waals surface area contributed by atoms with E-state index in [0.717, 1.165) is 18.6 Å². The maximum Gasteiger partial charge on any atom is 0.416 e. The van der Waals surface area contributed by atoms with Crippen molar-refractivity contribution in [2.75, 3.05) is 12.4 Å². The van der Waals surface area contributed by atoms with E-state index in [1.54, 1.807) is 0 Å². The highest BCUT2D eigenvalue weighted by Gasteiger charge is 2.30. The molecule has 0 heterocycles. The summed E-state index contributed by atoms with van der Waals surface area (Å²) in [5.74, 6) is 0.00154. The molecule has 0 saturated heterocycles. The van der Waals surface area contributed by atoms with Gasteiger partial charge in [0.1, 0.15) is 0 Å². The third-order valence-corrected chi connectivity index (χ3v) is 2.98. The van der Waals surface area contributed by atoms with Crippen LogP contribution in [0, 0.1) is 5.92 Å². The zero-order valence-corrected chi connectivity index (χ0v) is 12.3. The first kappa shape index (κ1) is 17.3. The number of alkyl halides is 3. The van der Waals surface area contributed by atoms with E-state index >= 15 is 0 Å². The second-order valence-corrected chi connectivity index (χ2v) is 5.33. The van der Waals surface area contributed by atoms with Crippen LogP contribution in [0.25, 0.3) is 0 Å². The summed E-state index contributed by atoms with van der Waals surface area (Å²) in [5.41, 5.74) is -0.140. The molecule has 1 unspecified atom stereocenters. The van der Waals surface area contributed by atoms with E-state index in [9.17, 15) is 18.0 Å². The van der Waals surface area contributed by atoms with Crippen molar-refractivity contribution in [3.63, 3.8) is 0 Å². The Labute approximate surface area is 122 Å². The summed E-state index contributed by atoms with van der Waals surface area (Å²) >= 11 is 0. The van der Waals surface area contributed by atoms with E-state index in [0.29, 0.717) is 11.6 Å². The summed E-state index contributed by atoms with van der Waals surface area (Å²) in [5, 5.41) is 3.09. The van der Waals surface area contributed by atoms with Gasteiger partial charge in [-0.25, -0.2) is 0 Å². The van der Waals surface area contributed by atoms with Crippen molar-refractivity contribution in [1.29, 1.82) is 0 Å². The number of methoxy groups -OCH3 is 1. The molecule has 0 saturated carbocycles. The van der Waals surface area contributed by atoms with Gasteiger partial charge in [0, 0.05) is 11.7 Å². The molecule has 0 aliphatic carbocycles. The number of benzene rings is 1. The molecule has 0 amide bonds. The second kappa shape index (κ2) is 7.33. The van der Waals surface area contributed by atoms with Crippen LogP contribution in [0.1, 0.15) is 32.3 Å². The summed E-state index contributed by atoms with van der Waals surface area (Å²) in [6, 6.07) is 4.61. The third-order valence-electron chi connectivity index (χ3n) is 2.98. The predicted molar refractivity (Wildman–Crippen MR) is 74.9 cm³/mol. The van der Waals surface area contributed by atoms with Crippen LogP contribution < -0.4 is 5.32 Å². The van der Waals surface area contributed by atoms with Crippen molar-refractivity contribution < 1.29 is 22.7 Å². The van der Waals surface area contributed by atoms with Gasteiger partial charge in [0.25, 0.3) is 0 Å². The minimum Gasteiger partial charge on any atom is -0.469 e. The van der Waals surface area contributed by atoms with Gasteiger partial charge < -0.3 is 10.1 Å². The normalized spacial score (nSPS) is 13.1. The molecule has 0 aliphatic heterocycles. The van der Waals surface area contributed by atoms with Gasteiger partial charge in [-0.15, -0.1) is 0 Å². The SMILES string of the molecule is COC(=O)CC(CC(C)C)Nc1ccc(C(F)(F)F)cc1. The molecule has 118 valence electrons. The van der Waals surface area contributed by atoms with Gasteiger partial charge in [0.2, 0.25) is 0 Å². The molecule has 0 aromatic heterocycles. The lowest BCUT2D eigenvalue weighted by Crippen LogP contribution is -2.25. The smallest absolute Gasteiger partial charge is 0.416 e. The molecule has 1 atom stereocenters. The first-order valence-electron chi connectivity index (χ1n) is 6.73. The molecule has 3 nitrogen and oxygen atoms in total. The molecule has 0 radical (unpaired) electrons. The molecule has 0 bridgehead atoms. The maximum absolute atomic E-state index is 12.5. The molecule has 1 rings (SSSR count). The van der Waals surface area contributed by atoms with E-state index in [-0.39, 0.29) is 18.4 Å². The van der Waals surface area contributed by atoms with Gasteiger partial charge in [-0.3, -0.25) is 4.79 Å². The van der Waals surface area contributed by atoms with Gasteiger partial charge in [-0.1, -0.05) is 13.8 Å². The number of carbonyl (C=O) groups excluding carboxylic acids is 1. The fourth-order valence-electron chi connectivity index (χ4n) is 2.04. The molecule has 0 spiro atoms. The molecule has 1 N–H and O–H groups in total. The molecular formula is C15H20F3NO2. The highest BCUT2D eigenvalue weighted by atomic mass is 19.4. The van der Waals surface area contributed by atoms with Gasteiger partial charge in [0.05, 0.1) is 19.1 Å². The van der Waals surface area contributed by atoms with Gasteiger partial charge >= 0.3 is 12.1 Å². The predicted octanol–water partition coefficient (Wildman–Crippen LogP) is 4.10. The minimum atomic E-state index is -4.35. The van der Waals surface area contributed by atoms with E-state index in [1.165, 1.54) is 19.2 Å². The number of rotatable bonds is 6. The Balaban J connectivity index is 2.76. The zero-order valence-electron chi connectivity index (χ0n) is 12.3. The van der Waals surface area contributed by atoms with Crippen LogP contribution in [0.3, 0.4) is 0 Å². The number of carbonyl (C=O) groups is 1. The van der Waals surface area contributed by atoms with Crippen molar-refractivity contribution in [2.24, 2.45) is 5.92 Å². The number of hydrogen-bond acceptors (Lipinski definition) is 3. The molecule has 21 heavy (non-hydrogen) atoms. The van der Waals surface area contributed by atoms with Crippen LogP contribution >= 0.6 is 0 Å². The number of esters is 1. The average Bonchev–Trinajstić information content (AvgIpc) is 2.37. The maximum atomic E-state index is 12.5. The Morgan fingerprint density at radius 3 is 2.24 bits per heavy atom. The van der Waals surface area contributed by atoms with Gasteiger partial charge in [-0.2, -0.15) is 13.2 Å². The van der Waals surface area contributed by atoms with Crippen LogP contribution in [0.15, 0.2) is 24.3 Å². The number of ether oxygens (including phenoxy) is 1. The monoisotopic (exact) mass is 303 g/mol. The topological polar surface area (TPSA) is 38.3 Å². The Bertz CT molecular complexity index is 455. The van der Waals surface area contributed by atoms with Crippen LogP contribution in [0.2, 0.25) is 0 Å². The van der Waals surface area contributed by atoms with Crippen LogP contribution in [-0.4, -0.2) is 19.1 Å². The fraction of sp³-hybridized carbons (Fsp3) is 0.533. The number of halogens is 3. The van der Waals surface area contributed by atoms with E-state index in [2.05, 4.69) is 10.1 Å². The highest BCUT2D eigenvalue weighted by molar-refractivity contribution is 5.70. The first-order valence-corrected chi connectivity index (χ1v) is 6.73. The Morgan fingerprint density at radius 1 is 1.24 bits per heavy atom. The summed E-state index contributed by atoms with van der Waals surface area (Å²) in [6.07, 6.45) is -3.45. The van der Waals surface area contributed by atoms with Crippen molar-refractivity contribution in [1.82, 2.24) is 0 Å². The highest BCUT2D eigenvalue weighted by Crippen LogP contribution is 2.30. The summed E-state index contributed by atoms with van der Waals surface area (Å²) in [6.45, 7) is 4.03.